The number of fused-ring (bicyclic) bond motifs is 1. The third-order valence-electron chi connectivity index (χ3n) is 3.85. The lowest BCUT2D eigenvalue weighted by Gasteiger charge is -2.31. The molecule has 1 fully saturated rings. The van der Waals surface area contributed by atoms with Crippen molar-refractivity contribution in [3.05, 3.63) is 30.6 Å². The van der Waals surface area contributed by atoms with Gasteiger partial charge < -0.3 is 16.0 Å². The zero-order valence-electron chi connectivity index (χ0n) is 11.3. The molecule has 3 N–H and O–H groups in total. The first-order chi connectivity index (χ1) is 9.24. The van der Waals surface area contributed by atoms with Crippen LogP contribution in [0.2, 0.25) is 0 Å². The number of hydrogen-bond acceptors (Lipinski definition) is 4. The fourth-order valence-corrected chi connectivity index (χ4v) is 2.82. The number of nitrogens with two attached hydrogens (primary N) is 1. The first-order valence-corrected chi connectivity index (χ1v) is 6.81. The zero-order valence-corrected chi connectivity index (χ0v) is 11.3. The molecular formula is C15H20N4. The van der Waals surface area contributed by atoms with Crippen molar-refractivity contribution in [1.29, 1.82) is 0 Å². The highest BCUT2D eigenvalue weighted by atomic mass is 15.1. The number of piperidine rings is 1. The highest BCUT2D eigenvalue weighted by molar-refractivity contribution is 5.98. The highest BCUT2D eigenvalue weighted by Crippen LogP contribution is 2.29. The van der Waals surface area contributed by atoms with Gasteiger partial charge in [0.2, 0.25) is 0 Å². The Hall–Kier alpha value is -1.81. The van der Waals surface area contributed by atoms with Crippen LogP contribution in [0.4, 0.5) is 11.4 Å². The molecule has 1 unspecified atom stereocenters. The van der Waals surface area contributed by atoms with E-state index in [9.17, 15) is 0 Å². The number of aromatic nitrogens is 1. The number of likely N-dealkylation sites (tertiary alicyclic amines) is 1. The van der Waals surface area contributed by atoms with Crippen LogP contribution in [0.5, 0.6) is 0 Å². The van der Waals surface area contributed by atoms with Gasteiger partial charge in [-0.15, -0.1) is 0 Å². The number of nitrogen functional groups attached to an aromatic ring is 1. The Morgan fingerprint density at radius 3 is 3.11 bits per heavy atom. The Kier molecular flexibility index (Phi) is 3.25. The SMILES string of the molecule is CN1CCCC(Nc2ccc3cnccc3c2N)C1. The van der Waals surface area contributed by atoms with Crippen LogP contribution >= 0.6 is 0 Å². The van der Waals surface area contributed by atoms with Crippen LogP contribution in [-0.4, -0.2) is 36.1 Å². The lowest BCUT2D eigenvalue weighted by Crippen LogP contribution is -2.39. The third-order valence-corrected chi connectivity index (χ3v) is 3.85. The Bertz CT molecular complexity index is 581. The summed E-state index contributed by atoms with van der Waals surface area (Å²) in [6.07, 6.45) is 6.09. The molecule has 19 heavy (non-hydrogen) atoms. The first-order valence-electron chi connectivity index (χ1n) is 6.81. The molecule has 2 aromatic rings. The minimum atomic E-state index is 0.486. The van der Waals surface area contributed by atoms with Gasteiger partial charge in [0.1, 0.15) is 0 Å². The Morgan fingerprint density at radius 2 is 2.26 bits per heavy atom. The summed E-state index contributed by atoms with van der Waals surface area (Å²) in [6, 6.07) is 6.60. The Morgan fingerprint density at radius 1 is 1.37 bits per heavy atom. The van der Waals surface area contributed by atoms with E-state index < -0.39 is 0 Å². The molecule has 0 radical (unpaired) electrons. The van der Waals surface area contributed by atoms with Crippen LogP contribution in [0.25, 0.3) is 10.8 Å². The number of likely N-dealkylation sites (N-methyl/N-ethyl adjacent to an activating group) is 1. The number of rotatable bonds is 2. The van der Waals surface area contributed by atoms with Gasteiger partial charge >= 0.3 is 0 Å². The number of benzene rings is 1. The number of hydrogen-bond donors (Lipinski definition) is 2. The van der Waals surface area contributed by atoms with Gasteiger partial charge in [-0.2, -0.15) is 0 Å². The molecule has 2 heterocycles. The van der Waals surface area contributed by atoms with Crippen molar-refractivity contribution in [2.24, 2.45) is 0 Å². The van der Waals surface area contributed by atoms with E-state index in [1.54, 1.807) is 6.20 Å². The maximum atomic E-state index is 6.27. The maximum Gasteiger partial charge on any atom is 0.0630 e. The average Bonchev–Trinajstić information content (AvgIpc) is 2.42. The Labute approximate surface area is 113 Å². The monoisotopic (exact) mass is 256 g/mol. The van der Waals surface area contributed by atoms with Gasteiger partial charge in [-0.25, -0.2) is 0 Å². The summed E-state index contributed by atoms with van der Waals surface area (Å²) in [5.74, 6) is 0. The number of nitrogens with zero attached hydrogens (tertiary/aromatic N) is 2. The predicted molar refractivity (Wildman–Crippen MR) is 80.3 cm³/mol. The summed E-state index contributed by atoms with van der Waals surface area (Å²) in [5.41, 5.74) is 8.13. The minimum Gasteiger partial charge on any atom is -0.397 e. The first kappa shape index (κ1) is 12.2. The lowest BCUT2D eigenvalue weighted by molar-refractivity contribution is 0.261. The molecule has 100 valence electrons. The van der Waals surface area contributed by atoms with Crippen LogP contribution in [0, 0.1) is 0 Å². The van der Waals surface area contributed by atoms with E-state index in [0.717, 1.165) is 28.7 Å². The van der Waals surface area contributed by atoms with Crippen LogP contribution in [-0.2, 0) is 0 Å². The molecule has 0 aliphatic carbocycles. The van der Waals surface area contributed by atoms with Crippen LogP contribution < -0.4 is 11.1 Å². The van der Waals surface area contributed by atoms with E-state index >= 15 is 0 Å². The molecule has 0 spiro atoms. The van der Waals surface area contributed by atoms with E-state index in [4.69, 9.17) is 5.73 Å². The molecule has 0 saturated carbocycles. The van der Waals surface area contributed by atoms with E-state index in [-0.39, 0.29) is 0 Å². The molecule has 1 atom stereocenters. The lowest BCUT2D eigenvalue weighted by atomic mass is 10.0. The van der Waals surface area contributed by atoms with Gasteiger partial charge in [-0.3, -0.25) is 4.98 Å². The molecule has 1 aromatic heterocycles. The minimum absolute atomic E-state index is 0.486. The molecule has 0 amide bonds. The quantitative estimate of drug-likeness (QED) is 0.810. The molecule has 3 rings (SSSR count). The van der Waals surface area contributed by atoms with Crippen molar-refractivity contribution in [1.82, 2.24) is 9.88 Å². The molecule has 4 nitrogen and oxygen atoms in total. The smallest absolute Gasteiger partial charge is 0.0630 e. The summed E-state index contributed by atoms with van der Waals surface area (Å²) in [6.45, 7) is 2.27. The van der Waals surface area contributed by atoms with Gasteiger partial charge in [0.25, 0.3) is 0 Å². The molecule has 1 aromatic carbocycles. The maximum absolute atomic E-state index is 6.27. The van der Waals surface area contributed by atoms with Gasteiger partial charge in [0.05, 0.1) is 11.4 Å². The summed E-state index contributed by atoms with van der Waals surface area (Å²) in [4.78, 5) is 6.49. The van der Waals surface area contributed by atoms with Gasteiger partial charge in [-0.05, 0) is 38.6 Å². The molecule has 1 saturated heterocycles. The second-order valence-electron chi connectivity index (χ2n) is 5.37. The van der Waals surface area contributed by atoms with Crippen molar-refractivity contribution in [2.45, 2.75) is 18.9 Å². The second-order valence-corrected chi connectivity index (χ2v) is 5.37. The van der Waals surface area contributed by atoms with E-state index in [1.165, 1.54) is 19.4 Å². The van der Waals surface area contributed by atoms with E-state index in [0.29, 0.717) is 6.04 Å². The van der Waals surface area contributed by atoms with Gasteiger partial charge in [-0.1, -0.05) is 6.07 Å². The molecular weight excluding hydrogens is 236 g/mol. The van der Waals surface area contributed by atoms with Crippen LogP contribution in [0.3, 0.4) is 0 Å². The van der Waals surface area contributed by atoms with Crippen LogP contribution in [0.1, 0.15) is 12.8 Å². The standard InChI is InChI=1S/C15H20N4/c1-19-8-2-3-12(10-19)18-14-5-4-11-9-17-7-6-13(11)15(14)16/h4-7,9,12,18H,2-3,8,10,16H2,1H3. The molecule has 0 bridgehead atoms. The average molecular weight is 256 g/mol. The van der Waals surface area contributed by atoms with Crippen molar-refractivity contribution in [3.63, 3.8) is 0 Å². The second kappa shape index (κ2) is 5.05. The molecule has 1 aliphatic rings. The zero-order chi connectivity index (χ0) is 13.2. The third kappa shape index (κ3) is 2.49. The largest absolute Gasteiger partial charge is 0.397 e. The van der Waals surface area contributed by atoms with Crippen molar-refractivity contribution < 1.29 is 0 Å². The van der Waals surface area contributed by atoms with Gasteiger partial charge in [0, 0.05) is 35.8 Å². The molecule has 1 aliphatic heterocycles. The van der Waals surface area contributed by atoms with Crippen molar-refractivity contribution in [3.8, 4) is 0 Å². The summed E-state index contributed by atoms with van der Waals surface area (Å²) in [7, 11) is 2.17. The highest BCUT2D eigenvalue weighted by Gasteiger charge is 2.17. The fraction of sp³-hybridized carbons (Fsp3) is 0.400. The predicted octanol–water partition coefficient (Wildman–Crippen LogP) is 2.32. The number of anilines is 2. The van der Waals surface area contributed by atoms with Gasteiger partial charge in [0.15, 0.2) is 0 Å². The summed E-state index contributed by atoms with van der Waals surface area (Å²) >= 11 is 0. The summed E-state index contributed by atoms with van der Waals surface area (Å²) in [5, 5.41) is 5.75. The van der Waals surface area contributed by atoms with Crippen molar-refractivity contribution >= 4 is 22.1 Å². The van der Waals surface area contributed by atoms with E-state index in [1.807, 2.05) is 12.3 Å². The Balaban J connectivity index is 1.86. The van der Waals surface area contributed by atoms with Crippen molar-refractivity contribution in [2.75, 3.05) is 31.2 Å². The fourth-order valence-electron chi connectivity index (χ4n) is 2.82. The normalized spacial score (nSPS) is 20.6. The van der Waals surface area contributed by atoms with Crippen LogP contribution in [0.15, 0.2) is 30.6 Å². The number of pyridine rings is 1. The van der Waals surface area contributed by atoms with E-state index in [2.05, 4.69) is 34.4 Å². The topological polar surface area (TPSA) is 54.2 Å². The molecule has 4 heteroatoms. The number of nitrogens with one attached hydrogen (secondary N) is 1. The summed E-state index contributed by atoms with van der Waals surface area (Å²) < 4.78 is 0.